The third-order valence-corrected chi connectivity index (χ3v) is 20.9. The number of rotatable bonds is 18. The van der Waals surface area contributed by atoms with E-state index >= 15 is 14.4 Å². The van der Waals surface area contributed by atoms with E-state index in [1.165, 1.54) is 42.8 Å². The van der Waals surface area contributed by atoms with E-state index in [9.17, 15) is 38.7 Å². The fourth-order valence-electron chi connectivity index (χ4n) is 11.3. The molecule has 3 heterocycles. The van der Waals surface area contributed by atoms with E-state index in [1.807, 2.05) is 61.6 Å². The van der Waals surface area contributed by atoms with E-state index in [0.717, 1.165) is 0 Å². The van der Waals surface area contributed by atoms with Gasteiger partial charge < -0.3 is 60.2 Å². The number of fused-ring (bicyclic) bond motifs is 1. The summed E-state index contributed by atoms with van der Waals surface area (Å²) in [5.74, 6) is -6.96. The highest BCUT2D eigenvalue weighted by molar-refractivity contribution is 6.72. The fourth-order valence-corrected chi connectivity index (χ4v) is 12.1. The molecule has 1 unspecified atom stereocenters. The van der Waals surface area contributed by atoms with Crippen molar-refractivity contribution in [3.63, 3.8) is 0 Å². The van der Waals surface area contributed by atoms with E-state index in [1.54, 1.807) is 56.9 Å². The first-order valence-electron chi connectivity index (χ1n) is 29.7. The highest BCUT2D eigenvalue weighted by atomic mass is 28.4. The van der Waals surface area contributed by atoms with E-state index in [4.69, 9.17) is 9.47 Å². The number of hydrogen-bond donors (Lipinski definition) is 6. The van der Waals surface area contributed by atoms with Crippen LogP contribution in [0.4, 0.5) is 0 Å². The molecule has 0 aliphatic carbocycles. The molecule has 462 valence electrons. The molecular weight excluding hydrogens is 1070 g/mol. The maximum Gasteiger partial charge on any atom is 0.329 e. The molecule has 3 fully saturated rings. The molecule has 3 saturated heterocycles. The molecule has 3 aliphatic heterocycles. The van der Waals surface area contributed by atoms with Gasteiger partial charge in [-0.3, -0.25) is 38.4 Å². The van der Waals surface area contributed by atoms with Crippen molar-refractivity contribution in [2.75, 3.05) is 34.3 Å². The standard InChI is InChI=1S/C60H100N8O13Si/c1-18-37(8)50-47(69)32-48(70)62-49(36(6)7)53(72)61-42(29-34(2)3)56(75)68-28-20-22-44(68)58(77)66(14)46(31-40-23-25-41(80-15)26-24-40)59(78)81-39(10)51(54(73)63-50)64-52(71)45(30-35(4)5)65(13)57(76)43-21-19-27-67(43)55(74)38(9)33-60(11,12)82(16,17)79/h23-26,34-39,42-47,49-51,69,79H,18-22,27-33H2,1-17H3,(H,61,72)(H,62,70)(H,63,73)(H,64,71)/t37-,38-,39+,42-,43?,44-,45+,46-,47-,49-,50+,51-/m0/s1. The molecule has 1 aromatic carbocycles. The monoisotopic (exact) mass is 1170 g/mol. The first-order chi connectivity index (χ1) is 38.1. The van der Waals surface area contributed by atoms with Crippen LogP contribution in [0.15, 0.2) is 24.3 Å². The molecule has 0 aromatic heterocycles. The average molecular weight is 1170 g/mol. The van der Waals surface area contributed by atoms with Crippen LogP contribution in [0, 0.1) is 29.6 Å². The predicted molar refractivity (Wildman–Crippen MR) is 314 cm³/mol. The van der Waals surface area contributed by atoms with Gasteiger partial charge in [-0.2, -0.15) is 0 Å². The number of methoxy groups -OCH3 is 1. The van der Waals surface area contributed by atoms with Gasteiger partial charge in [0.05, 0.1) is 25.7 Å². The third kappa shape index (κ3) is 17.7. The summed E-state index contributed by atoms with van der Waals surface area (Å²) in [7, 11) is 1.75. The summed E-state index contributed by atoms with van der Waals surface area (Å²) in [6, 6.07) is -2.73. The first kappa shape index (κ1) is 68.9. The highest BCUT2D eigenvalue weighted by Gasteiger charge is 2.47. The lowest BCUT2D eigenvalue weighted by atomic mass is 9.91. The second-order valence-electron chi connectivity index (χ2n) is 25.8. The smallest absolute Gasteiger partial charge is 0.329 e. The summed E-state index contributed by atoms with van der Waals surface area (Å²) in [6.07, 6.45) is -0.951. The van der Waals surface area contributed by atoms with Gasteiger partial charge in [-0.05, 0) is 111 Å². The van der Waals surface area contributed by atoms with Crippen LogP contribution >= 0.6 is 0 Å². The number of esters is 1. The number of nitrogens with zero attached hydrogens (tertiary/aromatic N) is 4. The lowest BCUT2D eigenvalue weighted by Crippen LogP contribution is -2.62. The number of aliphatic hydroxyl groups excluding tert-OH is 1. The predicted octanol–water partition coefficient (Wildman–Crippen LogP) is 4.31. The van der Waals surface area contributed by atoms with Crippen molar-refractivity contribution in [3.8, 4) is 5.75 Å². The summed E-state index contributed by atoms with van der Waals surface area (Å²) in [5.41, 5.74) is 0.608. The van der Waals surface area contributed by atoms with Crippen molar-refractivity contribution < 1.29 is 62.5 Å². The molecule has 22 heteroatoms. The second kappa shape index (κ2) is 29.8. The molecule has 0 spiro atoms. The van der Waals surface area contributed by atoms with Gasteiger partial charge in [-0.15, -0.1) is 0 Å². The Morgan fingerprint density at radius 3 is 2.07 bits per heavy atom. The van der Waals surface area contributed by atoms with Gasteiger partial charge in [-0.1, -0.05) is 94.7 Å². The van der Waals surface area contributed by atoms with Crippen LogP contribution in [0.25, 0.3) is 0 Å². The van der Waals surface area contributed by atoms with Crippen LogP contribution in [0.1, 0.15) is 146 Å². The van der Waals surface area contributed by atoms with Crippen molar-refractivity contribution in [1.29, 1.82) is 0 Å². The van der Waals surface area contributed by atoms with Crippen molar-refractivity contribution in [2.45, 2.75) is 226 Å². The van der Waals surface area contributed by atoms with Gasteiger partial charge in [0.25, 0.3) is 0 Å². The number of amides is 8. The van der Waals surface area contributed by atoms with E-state index < -0.39 is 145 Å². The highest BCUT2D eigenvalue weighted by Crippen LogP contribution is 2.42. The summed E-state index contributed by atoms with van der Waals surface area (Å²) in [5, 5.41) is 22.7. The SMILES string of the molecule is CC[C@H](C)[C@H]1NC(=O)[C@@H](NC(=O)[C@@H](CC(C)C)N(C)C(=O)C2CCCN2C(=O)[C@@H](C)CC(C)(C)[Si](C)(C)O)[C@@H](C)OC(=O)[C@H](Cc2ccc(OC)cc2)N(C)C(=O)[C@@H]2CCCN2C(=O)[C@H](CC(C)C)NC(=O)[C@H](C(C)C)NC(=O)C[C@@H]1O. The quantitative estimate of drug-likeness (QED) is 0.0885. The van der Waals surface area contributed by atoms with Gasteiger partial charge >= 0.3 is 5.97 Å². The number of cyclic esters (lactones) is 1. The van der Waals surface area contributed by atoms with Crippen molar-refractivity contribution in [1.82, 2.24) is 40.9 Å². The Morgan fingerprint density at radius 1 is 0.890 bits per heavy atom. The Labute approximate surface area is 488 Å². The minimum atomic E-state index is -2.68. The molecule has 12 atom stereocenters. The van der Waals surface area contributed by atoms with Crippen LogP contribution in [0.2, 0.25) is 18.1 Å². The van der Waals surface area contributed by atoms with Crippen LogP contribution in [0.5, 0.6) is 5.75 Å². The molecule has 0 radical (unpaired) electrons. The van der Waals surface area contributed by atoms with Gasteiger partial charge in [-0.25, -0.2) is 4.79 Å². The molecule has 82 heavy (non-hydrogen) atoms. The lowest BCUT2D eigenvalue weighted by Gasteiger charge is -2.38. The minimum Gasteiger partial charge on any atom is -0.497 e. The molecular formula is C60H100N8O13Si. The first-order valence-corrected chi connectivity index (χ1v) is 32.7. The number of ether oxygens (including phenoxy) is 2. The molecule has 0 saturated carbocycles. The normalized spacial score (nSPS) is 26.3. The Kier molecular flexibility index (Phi) is 25.0. The molecule has 3 aliphatic rings. The Hall–Kier alpha value is -5.61. The van der Waals surface area contributed by atoms with Gasteiger partial charge in [0.1, 0.15) is 54.1 Å². The average Bonchev–Trinajstić information content (AvgIpc) is 4.29. The zero-order valence-corrected chi connectivity index (χ0v) is 53.1. The van der Waals surface area contributed by atoms with E-state index in [2.05, 4.69) is 21.3 Å². The zero-order valence-electron chi connectivity index (χ0n) is 52.1. The molecule has 21 nitrogen and oxygen atoms in total. The van der Waals surface area contributed by atoms with E-state index in [-0.39, 0.29) is 50.0 Å². The molecule has 4 rings (SSSR count). The van der Waals surface area contributed by atoms with Crippen molar-refractivity contribution in [3.05, 3.63) is 29.8 Å². The summed E-state index contributed by atoms with van der Waals surface area (Å²) >= 11 is 0. The number of benzene rings is 1. The number of hydrogen-bond acceptors (Lipinski definition) is 13. The van der Waals surface area contributed by atoms with Crippen LogP contribution in [-0.2, 0) is 54.3 Å². The lowest BCUT2D eigenvalue weighted by molar-refractivity contribution is -0.162. The van der Waals surface area contributed by atoms with Crippen molar-refractivity contribution >= 4 is 61.5 Å². The summed E-state index contributed by atoms with van der Waals surface area (Å²) in [4.78, 5) is 148. The van der Waals surface area contributed by atoms with Gasteiger partial charge in [0.2, 0.25) is 47.3 Å². The minimum absolute atomic E-state index is 0.0818. The van der Waals surface area contributed by atoms with E-state index in [0.29, 0.717) is 50.0 Å². The second-order valence-corrected chi connectivity index (χ2v) is 30.3. The maximum absolute atomic E-state index is 15.1. The largest absolute Gasteiger partial charge is 0.497 e. The summed E-state index contributed by atoms with van der Waals surface area (Å²) in [6.45, 7) is 25.9. The Balaban J connectivity index is 1.84. The summed E-state index contributed by atoms with van der Waals surface area (Å²) < 4.78 is 11.6. The fraction of sp³-hybridized carbons (Fsp3) is 0.750. The molecule has 0 bridgehead atoms. The van der Waals surface area contributed by atoms with Crippen LogP contribution in [-0.4, -0.2) is 186 Å². The van der Waals surface area contributed by atoms with Crippen molar-refractivity contribution in [2.24, 2.45) is 29.6 Å². The number of aliphatic hydroxyl groups is 1. The topological polar surface area (TPSA) is 274 Å². The zero-order chi connectivity index (χ0) is 61.9. The number of carbonyl (C=O) groups excluding carboxylic acids is 9. The maximum atomic E-state index is 15.1. The molecule has 6 N–H and O–H groups in total. The third-order valence-electron chi connectivity index (χ3n) is 17.3. The Morgan fingerprint density at radius 2 is 1.51 bits per heavy atom. The number of likely N-dealkylation sites (N-methyl/N-ethyl adjacent to an activating group) is 2. The van der Waals surface area contributed by atoms with Gasteiger partial charge in [0.15, 0.2) is 8.32 Å². The number of likely N-dealkylation sites (tertiary alicyclic amines) is 1. The van der Waals surface area contributed by atoms with Crippen LogP contribution in [0.3, 0.4) is 0 Å². The van der Waals surface area contributed by atoms with Gasteiger partial charge in [0, 0.05) is 39.5 Å². The molecule has 1 aromatic rings. The Bertz CT molecular complexity index is 2400. The number of nitrogens with one attached hydrogen (secondary N) is 4. The number of carbonyl (C=O) groups is 9. The molecule has 8 amide bonds. The van der Waals surface area contributed by atoms with Crippen LogP contribution < -0.4 is 26.0 Å².